The van der Waals surface area contributed by atoms with Crippen LogP contribution in [-0.4, -0.2) is 34.8 Å². The summed E-state index contributed by atoms with van der Waals surface area (Å²) in [6.45, 7) is 0.939. The fourth-order valence-corrected chi connectivity index (χ4v) is 4.42. The standard InChI is InChI=1S/C26H27N3O2/c27-25(31)26(18-22-8-4-5-9-23(22)21-12-15-28-16-13-21)14-17-29(19-26)24(30)11-10-20-6-2-1-3-7-20/h1-9,12-13,15-16H,10-11,14,17-19H2,(H2,27,31)/t26-/m0/s1. The number of aromatic nitrogens is 1. The summed E-state index contributed by atoms with van der Waals surface area (Å²) in [6.07, 6.45) is 5.77. The Morgan fingerprint density at radius 1 is 0.968 bits per heavy atom. The van der Waals surface area contributed by atoms with Gasteiger partial charge in [-0.25, -0.2) is 0 Å². The van der Waals surface area contributed by atoms with E-state index in [1.165, 1.54) is 0 Å². The third-order valence-corrected chi connectivity index (χ3v) is 6.24. The van der Waals surface area contributed by atoms with Gasteiger partial charge >= 0.3 is 0 Å². The minimum Gasteiger partial charge on any atom is -0.369 e. The van der Waals surface area contributed by atoms with Crippen molar-refractivity contribution >= 4 is 11.8 Å². The van der Waals surface area contributed by atoms with Gasteiger partial charge in [-0.3, -0.25) is 14.6 Å². The lowest BCUT2D eigenvalue weighted by Crippen LogP contribution is -2.42. The number of rotatable bonds is 7. The van der Waals surface area contributed by atoms with Gasteiger partial charge in [0.2, 0.25) is 11.8 Å². The van der Waals surface area contributed by atoms with E-state index in [0.29, 0.717) is 38.8 Å². The van der Waals surface area contributed by atoms with Crippen LogP contribution < -0.4 is 5.73 Å². The Hall–Kier alpha value is -3.47. The average Bonchev–Trinajstić information content (AvgIpc) is 3.25. The van der Waals surface area contributed by atoms with Gasteiger partial charge in [0, 0.05) is 31.9 Å². The number of carbonyl (C=O) groups is 2. The molecule has 4 rings (SSSR count). The van der Waals surface area contributed by atoms with Crippen molar-refractivity contribution in [1.29, 1.82) is 0 Å². The first-order chi connectivity index (χ1) is 15.1. The lowest BCUT2D eigenvalue weighted by molar-refractivity contribution is -0.132. The highest BCUT2D eigenvalue weighted by Gasteiger charge is 2.44. The monoisotopic (exact) mass is 413 g/mol. The number of nitrogens with zero attached hydrogens (tertiary/aromatic N) is 2. The van der Waals surface area contributed by atoms with E-state index in [4.69, 9.17) is 5.73 Å². The molecule has 2 N–H and O–H groups in total. The summed E-state index contributed by atoms with van der Waals surface area (Å²) in [5.74, 6) is -0.259. The zero-order valence-electron chi connectivity index (χ0n) is 17.5. The molecule has 1 aliphatic heterocycles. The molecule has 5 nitrogen and oxygen atoms in total. The average molecular weight is 414 g/mol. The third-order valence-electron chi connectivity index (χ3n) is 6.24. The molecule has 1 fully saturated rings. The molecule has 0 spiro atoms. The number of hydrogen-bond donors (Lipinski definition) is 1. The second-order valence-electron chi connectivity index (χ2n) is 8.27. The summed E-state index contributed by atoms with van der Waals surface area (Å²) in [6, 6.07) is 22.0. The zero-order chi connectivity index (χ0) is 21.7. The van der Waals surface area contributed by atoms with Gasteiger partial charge in [-0.2, -0.15) is 0 Å². The van der Waals surface area contributed by atoms with Crippen molar-refractivity contribution in [3.05, 3.63) is 90.3 Å². The third kappa shape index (κ3) is 4.66. The van der Waals surface area contributed by atoms with E-state index < -0.39 is 5.41 Å². The zero-order valence-corrected chi connectivity index (χ0v) is 17.5. The molecular weight excluding hydrogens is 386 g/mol. The number of hydrogen-bond acceptors (Lipinski definition) is 3. The van der Waals surface area contributed by atoms with Crippen LogP contribution in [0.4, 0.5) is 0 Å². The van der Waals surface area contributed by atoms with E-state index in [-0.39, 0.29) is 11.8 Å². The van der Waals surface area contributed by atoms with E-state index in [2.05, 4.69) is 11.1 Å². The van der Waals surface area contributed by atoms with Crippen LogP contribution in [0.25, 0.3) is 11.1 Å². The summed E-state index contributed by atoms with van der Waals surface area (Å²) in [5, 5.41) is 0. The summed E-state index contributed by atoms with van der Waals surface area (Å²) in [7, 11) is 0. The second-order valence-corrected chi connectivity index (χ2v) is 8.27. The van der Waals surface area contributed by atoms with E-state index in [0.717, 1.165) is 22.3 Å². The number of nitrogens with two attached hydrogens (primary N) is 1. The van der Waals surface area contributed by atoms with E-state index in [9.17, 15) is 9.59 Å². The maximum atomic E-state index is 12.8. The van der Waals surface area contributed by atoms with Gasteiger partial charge in [-0.15, -0.1) is 0 Å². The maximum Gasteiger partial charge on any atom is 0.225 e. The van der Waals surface area contributed by atoms with Gasteiger partial charge in [-0.1, -0.05) is 54.6 Å². The van der Waals surface area contributed by atoms with E-state index >= 15 is 0 Å². The highest BCUT2D eigenvalue weighted by Crippen LogP contribution is 2.37. The molecule has 3 aromatic rings. The Morgan fingerprint density at radius 3 is 2.42 bits per heavy atom. The molecule has 0 unspecified atom stereocenters. The van der Waals surface area contributed by atoms with Crippen LogP contribution in [0.15, 0.2) is 79.1 Å². The second kappa shape index (κ2) is 9.13. The fraction of sp³-hybridized carbons (Fsp3) is 0.269. The van der Waals surface area contributed by atoms with Crippen molar-refractivity contribution in [1.82, 2.24) is 9.88 Å². The quantitative estimate of drug-likeness (QED) is 0.643. The Labute approximate surface area is 182 Å². The van der Waals surface area contributed by atoms with Gasteiger partial charge in [-0.05, 0) is 53.6 Å². The van der Waals surface area contributed by atoms with Crippen LogP contribution in [0.1, 0.15) is 24.0 Å². The van der Waals surface area contributed by atoms with Crippen LogP contribution in [0, 0.1) is 5.41 Å². The summed E-state index contributed by atoms with van der Waals surface area (Å²) in [5.41, 5.74) is 9.49. The summed E-state index contributed by atoms with van der Waals surface area (Å²) in [4.78, 5) is 31.3. The van der Waals surface area contributed by atoms with E-state index in [1.807, 2.05) is 65.6 Å². The highest BCUT2D eigenvalue weighted by atomic mass is 16.2. The summed E-state index contributed by atoms with van der Waals surface area (Å²) < 4.78 is 0. The number of benzene rings is 2. The van der Waals surface area contributed by atoms with E-state index in [1.54, 1.807) is 12.4 Å². The molecule has 1 aromatic heterocycles. The Balaban J connectivity index is 1.50. The first-order valence-corrected chi connectivity index (χ1v) is 10.7. The van der Waals surface area contributed by atoms with Crippen LogP contribution in [-0.2, 0) is 22.4 Å². The lowest BCUT2D eigenvalue weighted by atomic mass is 9.78. The molecule has 0 saturated carbocycles. The number of carbonyl (C=O) groups excluding carboxylic acids is 2. The maximum absolute atomic E-state index is 12.8. The number of aryl methyl sites for hydroxylation is 1. The van der Waals surface area contributed by atoms with Crippen molar-refractivity contribution in [2.24, 2.45) is 11.1 Å². The van der Waals surface area contributed by atoms with Crippen LogP contribution in [0.2, 0.25) is 0 Å². The van der Waals surface area contributed by atoms with Crippen LogP contribution in [0.3, 0.4) is 0 Å². The highest BCUT2D eigenvalue weighted by molar-refractivity contribution is 5.85. The molecule has 0 bridgehead atoms. The van der Waals surface area contributed by atoms with Gasteiger partial charge in [0.25, 0.3) is 0 Å². The molecule has 1 saturated heterocycles. The molecule has 0 aliphatic carbocycles. The van der Waals surface area contributed by atoms with Gasteiger partial charge < -0.3 is 10.6 Å². The molecule has 2 aromatic carbocycles. The van der Waals surface area contributed by atoms with Crippen molar-refractivity contribution < 1.29 is 9.59 Å². The first-order valence-electron chi connectivity index (χ1n) is 10.7. The first kappa shape index (κ1) is 20.8. The Kier molecular flexibility index (Phi) is 6.12. The molecule has 31 heavy (non-hydrogen) atoms. The number of pyridine rings is 1. The number of primary amides is 1. The van der Waals surface area contributed by atoms with Gasteiger partial charge in [0.05, 0.1) is 5.41 Å². The van der Waals surface area contributed by atoms with Crippen molar-refractivity contribution in [3.63, 3.8) is 0 Å². The summed E-state index contributed by atoms with van der Waals surface area (Å²) >= 11 is 0. The predicted octanol–water partition coefficient (Wildman–Crippen LogP) is 3.63. The van der Waals surface area contributed by atoms with Crippen molar-refractivity contribution in [2.75, 3.05) is 13.1 Å². The Morgan fingerprint density at radius 2 is 1.68 bits per heavy atom. The minimum absolute atomic E-state index is 0.0781. The lowest BCUT2D eigenvalue weighted by Gasteiger charge is -2.27. The molecule has 0 radical (unpaired) electrons. The number of amides is 2. The van der Waals surface area contributed by atoms with Gasteiger partial charge in [0.15, 0.2) is 0 Å². The van der Waals surface area contributed by atoms with Crippen LogP contribution >= 0.6 is 0 Å². The minimum atomic E-state index is -0.745. The molecular formula is C26H27N3O2. The molecule has 2 amide bonds. The van der Waals surface area contributed by atoms with Gasteiger partial charge in [0.1, 0.15) is 0 Å². The van der Waals surface area contributed by atoms with Crippen molar-refractivity contribution in [2.45, 2.75) is 25.7 Å². The molecule has 1 atom stereocenters. The van der Waals surface area contributed by atoms with Crippen LogP contribution in [0.5, 0.6) is 0 Å². The largest absolute Gasteiger partial charge is 0.369 e. The molecule has 5 heteroatoms. The Bertz CT molecular complexity index is 1050. The predicted molar refractivity (Wildman–Crippen MR) is 121 cm³/mol. The smallest absolute Gasteiger partial charge is 0.225 e. The molecule has 2 heterocycles. The number of likely N-dealkylation sites (tertiary alicyclic amines) is 1. The topological polar surface area (TPSA) is 76.3 Å². The molecule has 158 valence electrons. The fourth-order valence-electron chi connectivity index (χ4n) is 4.42. The van der Waals surface area contributed by atoms with Crippen molar-refractivity contribution in [3.8, 4) is 11.1 Å². The molecule has 1 aliphatic rings. The normalized spacial score (nSPS) is 18.1. The SMILES string of the molecule is NC(=O)[C@]1(Cc2ccccc2-c2ccncc2)CCN(C(=O)CCc2ccccc2)C1.